The number of hydrogen-bond donors (Lipinski definition) is 1. The Morgan fingerprint density at radius 3 is 3.07 bits per heavy atom. The molecule has 1 N–H and O–H groups in total. The van der Waals surface area contributed by atoms with Gasteiger partial charge in [0.05, 0.1) is 25.4 Å². The molecule has 2 aliphatic heterocycles. The summed E-state index contributed by atoms with van der Waals surface area (Å²) in [5.41, 5.74) is 0. The molecule has 0 saturated carbocycles. The van der Waals surface area contributed by atoms with Crippen LogP contribution in [0.4, 0.5) is 0 Å². The summed E-state index contributed by atoms with van der Waals surface area (Å²) in [6.07, 6.45) is 2.21. The fraction of sp³-hybridized carbons (Fsp3) is 0.900. The minimum Gasteiger partial charge on any atom is -0.394 e. The maximum atomic E-state index is 11.6. The number of carbonyl (C=O) groups is 1. The second-order valence-corrected chi connectivity index (χ2v) is 4.03. The van der Waals surface area contributed by atoms with Gasteiger partial charge < -0.3 is 19.5 Å². The van der Waals surface area contributed by atoms with Gasteiger partial charge in [-0.3, -0.25) is 4.79 Å². The van der Waals surface area contributed by atoms with E-state index in [4.69, 9.17) is 14.6 Å². The first-order valence-electron chi connectivity index (χ1n) is 5.41. The average Bonchev–Trinajstić information content (AvgIpc) is 2.74. The molecule has 0 radical (unpaired) electrons. The van der Waals surface area contributed by atoms with Crippen LogP contribution in [0, 0.1) is 0 Å². The molecule has 0 aromatic rings. The van der Waals surface area contributed by atoms with Crippen molar-refractivity contribution in [3.63, 3.8) is 0 Å². The summed E-state index contributed by atoms with van der Waals surface area (Å²) in [5, 5.41) is 9.14. The van der Waals surface area contributed by atoms with Crippen molar-refractivity contribution in [3.05, 3.63) is 0 Å². The van der Waals surface area contributed by atoms with Gasteiger partial charge in [-0.1, -0.05) is 0 Å². The van der Waals surface area contributed by atoms with Crippen molar-refractivity contribution in [2.75, 3.05) is 33.0 Å². The predicted octanol–water partition coefficient (Wildman–Crippen LogP) is -0.615. The minimum atomic E-state index is -0.199. The van der Waals surface area contributed by atoms with Gasteiger partial charge in [-0.15, -0.1) is 0 Å². The molecule has 2 rings (SSSR count). The van der Waals surface area contributed by atoms with E-state index in [1.807, 2.05) is 0 Å². The third-order valence-electron chi connectivity index (χ3n) is 2.93. The lowest BCUT2D eigenvalue weighted by Crippen LogP contribution is -2.53. The van der Waals surface area contributed by atoms with Crippen LogP contribution in [0.2, 0.25) is 0 Å². The quantitative estimate of drug-likeness (QED) is 0.682. The molecule has 2 aliphatic rings. The van der Waals surface area contributed by atoms with Gasteiger partial charge in [-0.25, -0.2) is 0 Å². The van der Waals surface area contributed by atoms with Crippen LogP contribution in [0.5, 0.6) is 0 Å². The number of ether oxygens (including phenoxy) is 2. The number of rotatable bonds is 3. The highest BCUT2D eigenvalue weighted by molar-refractivity contribution is 5.78. The largest absolute Gasteiger partial charge is 0.394 e. The Labute approximate surface area is 89.0 Å². The Kier molecular flexibility index (Phi) is 3.56. The lowest BCUT2D eigenvalue weighted by Gasteiger charge is -2.35. The lowest BCUT2D eigenvalue weighted by atomic mass is 10.1. The van der Waals surface area contributed by atoms with E-state index in [2.05, 4.69) is 0 Å². The van der Waals surface area contributed by atoms with Gasteiger partial charge in [0.25, 0.3) is 0 Å². The van der Waals surface area contributed by atoms with Crippen LogP contribution >= 0.6 is 0 Å². The first kappa shape index (κ1) is 10.9. The molecule has 86 valence electrons. The topological polar surface area (TPSA) is 59.0 Å². The zero-order chi connectivity index (χ0) is 10.7. The molecule has 2 saturated heterocycles. The highest BCUT2D eigenvalue weighted by Gasteiger charge is 2.31. The molecule has 0 spiro atoms. The molecule has 0 bridgehead atoms. The van der Waals surface area contributed by atoms with E-state index in [-0.39, 0.29) is 31.3 Å². The SMILES string of the molecule is O=C1COCC(CO)N1CC1CCCO1. The zero-order valence-electron chi connectivity index (χ0n) is 8.72. The summed E-state index contributed by atoms with van der Waals surface area (Å²) in [5.74, 6) is -0.0456. The van der Waals surface area contributed by atoms with Gasteiger partial charge in [-0.05, 0) is 12.8 Å². The van der Waals surface area contributed by atoms with Gasteiger partial charge in [0.2, 0.25) is 5.91 Å². The predicted molar refractivity (Wildman–Crippen MR) is 52.4 cm³/mol. The van der Waals surface area contributed by atoms with Gasteiger partial charge in [0, 0.05) is 13.2 Å². The molecule has 0 aromatic carbocycles. The normalized spacial score (nSPS) is 32.3. The standard InChI is InChI=1S/C10H17NO4/c12-5-8-6-14-7-10(13)11(8)4-9-2-1-3-15-9/h8-9,12H,1-7H2. The molecular weight excluding hydrogens is 198 g/mol. The summed E-state index contributed by atoms with van der Waals surface area (Å²) in [6, 6.07) is -0.199. The maximum Gasteiger partial charge on any atom is 0.249 e. The molecule has 2 unspecified atom stereocenters. The third-order valence-corrected chi connectivity index (χ3v) is 2.93. The molecule has 0 aromatic heterocycles. The Bertz CT molecular complexity index is 227. The Morgan fingerprint density at radius 2 is 2.40 bits per heavy atom. The van der Waals surface area contributed by atoms with E-state index in [0.717, 1.165) is 19.4 Å². The van der Waals surface area contributed by atoms with Crippen LogP contribution in [0.3, 0.4) is 0 Å². The smallest absolute Gasteiger partial charge is 0.249 e. The van der Waals surface area contributed by atoms with E-state index >= 15 is 0 Å². The molecular formula is C10H17NO4. The molecule has 5 nitrogen and oxygen atoms in total. The molecule has 5 heteroatoms. The Hall–Kier alpha value is -0.650. The second kappa shape index (κ2) is 4.92. The Morgan fingerprint density at radius 1 is 1.53 bits per heavy atom. The molecule has 0 aliphatic carbocycles. The number of nitrogens with zero attached hydrogens (tertiary/aromatic N) is 1. The Balaban J connectivity index is 1.93. The summed E-state index contributed by atoms with van der Waals surface area (Å²) in [4.78, 5) is 13.3. The van der Waals surface area contributed by atoms with Crippen molar-refractivity contribution in [1.29, 1.82) is 0 Å². The fourth-order valence-corrected chi connectivity index (χ4v) is 2.07. The van der Waals surface area contributed by atoms with Crippen LogP contribution in [-0.4, -0.2) is 61.0 Å². The van der Waals surface area contributed by atoms with Crippen molar-refractivity contribution in [2.45, 2.75) is 25.0 Å². The van der Waals surface area contributed by atoms with E-state index in [1.54, 1.807) is 4.90 Å². The fourth-order valence-electron chi connectivity index (χ4n) is 2.07. The van der Waals surface area contributed by atoms with Crippen molar-refractivity contribution >= 4 is 5.91 Å². The van der Waals surface area contributed by atoms with E-state index in [0.29, 0.717) is 13.2 Å². The lowest BCUT2D eigenvalue weighted by molar-refractivity contribution is -0.152. The number of carbonyl (C=O) groups excluding carboxylic acids is 1. The van der Waals surface area contributed by atoms with E-state index < -0.39 is 0 Å². The molecule has 2 fully saturated rings. The third kappa shape index (κ3) is 2.48. The summed E-state index contributed by atoms with van der Waals surface area (Å²) < 4.78 is 10.6. The maximum absolute atomic E-state index is 11.6. The molecule has 1 amide bonds. The van der Waals surface area contributed by atoms with E-state index in [1.165, 1.54) is 0 Å². The number of aliphatic hydroxyl groups excluding tert-OH is 1. The van der Waals surface area contributed by atoms with Crippen LogP contribution in [0.25, 0.3) is 0 Å². The van der Waals surface area contributed by atoms with Crippen molar-refractivity contribution < 1.29 is 19.4 Å². The van der Waals surface area contributed by atoms with E-state index in [9.17, 15) is 4.79 Å². The van der Waals surface area contributed by atoms with Crippen LogP contribution in [-0.2, 0) is 14.3 Å². The second-order valence-electron chi connectivity index (χ2n) is 4.03. The van der Waals surface area contributed by atoms with Crippen LogP contribution in [0.15, 0.2) is 0 Å². The molecule has 15 heavy (non-hydrogen) atoms. The monoisotopic (exact) mass is 215 g/mol. The van der Waals surface area contributed by atoms with Crippen LogP contribution in [0.1, 0.15) is 12.8 Å². The summed E-state index contributed by atoms with van der Waals surface area (Å²) >= 11 is 0. The zero-order valence-corrected chi connectivity index (χ0v) is 8.72. The van der Waals surface area contributed by atoms with Gasteiger partial charge in [0.1, 0.15) is 6.61 Å². The van der Waals surface area contributed by atoms with Crippen LogP contribution < -0.4 is 0 Å². The van der Waals surface area contributed by atoms with Gasteiger partial charge >= 0.3 is 0 Å². The van der Waals surface area contributed by atoms with Crippen molar-refractivity contribution in [3.8, 4) is 0 Å². The number of aliphatic hydroxyl groups is 1. The average molecular weight is 215 g/mol. The van der Waals surface area contributed by atoms with Crippen molar-refractivity contribution in [1.82, 2.24) is 4.90 Å². The minimum absolute atomic E-state index is 0.0432. The molecule has 2 heterocycles. The first-order chi connectivity index (χ1) is 7.31. The highest BCUT2D eigenvalue weighted by atomic mass is 16.5. The first-order valence-corrected chi connectivity index (χ1v) is 5.41. The van der Waals surface area contributed by atoms with Crippen molar-refractivity contribution in [2.24, 2.45) is 0 Å². The summed E-state index contributed by atoms with van der Waals surface area (Å²) in [7, 11) is 0. The highest BCUT2D eigenvalue weighted by Crippen LogP contribution is 2.16. The van der Waals surface area contributed by atoms with Gasteiger partial charge in [-0.2, -0.15) is 0 Å². The summed E-state index contributed by atoms with van der Waals surface area (Å²) in [6.45, 7) is 1.89. The number of hydrogen-bond acceptors (Lipinski definition) is 4. The molecule has 2 atom stereocenters. The number of amides is 1. The number of morpholine rings is 1. The van der Waals surface area contributed by atoms with Gasteiger partial charge in [0.15, 0.2) is 0 Å².